The van der Waals surface area contributed by atoms with Gasteiger partial charge in [0, 0.05) is 13.2 Å². The summed E-state index contributed by atoms with van der Waals surface area (Å²) in [6, 6.07) is 6.83. The molecule has 0 radical (unpaired) electrons. The van der Waals surface area contributed by atoms with Crippen molar-refractivity contribution in [2.75, 3.05) is 20.4 Å². The number of fused-ring (bicyclic) bond motifs is 1. The van der Waals surface area contributed by atoms with Crippen molar-refractivity contribution in [3.8, 4) is 5.75 Å². The van der Waals surface area contributed by atoms with E-state index in [1.807, 2.05) is 6.07 Å². The zero-order valence-electron chi connectivity index (χ0n) is 11.4. The maximum atomic E-state index is 5.66. The van der Waals surface area contributed by atoms with Gasteiger partial charge in [0.25, 0.3) is 0 Å². The second-order valence-electron chi connectivity index (χ2n) is 4.77. The maximum absolute atomic E-state index is 5.66. The van der Waals surface area contributed by atoms with Crippen molar-refractivity contribution in [2.45, 2.75) is 38.6 Å². The first-order valence-electron chi connectivity index (χ1n) is 6.83. The molecule has 1 unspecified atom stereocenters. The zero-order chi connectivity index (χ0) is 12.8. The van der Waals surface area contributed by atoms with Gasteiger partial charge in [0.2, 0.25) is 0 Å². The van der Waals surface area contributed by atoms with Crippen LogP contribution in [0, 0.1) is 0 Å². The zero-order valence-corrected chi connectivity index (χ0v) is 11.4. The van der Waals surface area contributed by atoms with Crippen molar-refractivity contribution >= 4 is 0 Å². The van der Waals surface area contributed by atoms with Crippen LogP contribution in [0.3, 0.4) is 0 Å². The predicted molar refractivity (Wildman–Crippen MR) is 72.9 cm³/mol. The molecule has 3 nitrogen and oxygen atoms in total. The third-order valence-corrected chi connectivity index (χ3v) is 3.44. The molecule has 1 aliphatic carbocycles. The largest absolute Gasteiger partial charge is 0.467 e. The molecule has 1 aromatic carbocycles. The topological polar surface area (TPSA) is 30.5 Å². The Labute approximate surface area is 109 Å². The Kier molecular flexibility index (Phi) is 5.02. The molecule has 0 fully saturated rings. The van der Waals surface area contributed by atoms with Crippen LogP contribution in [0.4, 0.5) is 0 Å². The van der Waals surface area contributed by atoms with Crippen molar-refractivity contribution in [1.82, 2.24) is 5.32 Å². The molecule has 0 bridgehead atoms. The van der Waals surface area contributed by atoms with E-state index in [1.54, 1.807) is 7.11 Å². The second kappa shape index (κ2) is 6.76. The molecular formula is C15H23NO2. The van der Waals surface area contributed by atoms with Gasteiger partial charge in [0.05, 0.1) is 0 Å². The summed E-state index contributed by atoms with van der Waals surface area (Å²) in [6.07, 6.45) is 4.73. The standard InChI is InChI=1S/C15H23NO2/c1-3-10-16-14-8-4-7-13-12(14)6-5-9-15(13)18-11-17-2/h5-6,9,14,16H,3-4,7-8,10-11H2,1-2H3. The highest BCUT2D eigenvalue weighted by Gasteiger charge is 2.22. The van der Waals surface area contributed by atoms with E-state index >= 15 is 0 Å². The molecule has 18 heavy (non-hydrogen) atoms. The minimum absolute atomic E-state index is 0.323. The second-order valence-corrected chi connectivity index (χ2v) is 4.77. The van der Waals surface area contributed by atoms with E-state index < -0.39 is 0 Å². The molecule has 3 heteroatoms. The molecule has 1 atom stereocenters. The fraction of sp³-hybridized carbons (Fsp3) is 0.600. The van der Waals surface area contributed by atoms with Gasteiger partial charge in [-0.3, -0.25) is 0 Å². The quantitative estimate of drug-likeness (QED) is 0.786. The highest BCUT2D eigenvalue weighted by Crippen LogP contribution is 2.35. The van der Waals surface area contributed by atoms with Gasteiger partial charge in [-0.1, -0.05) is 19.1 Å². The van der Waals surface area contributed by atoms with Crippen molar-refractivity contribution in [3.05, 3.63) is 29.3 Å². The number of ether oxygens (including phenoxy) is 2. The Bertz CT molecular complexity index is 379. The Morgan fingerprint density at radius 3 is 3.06 bits per heavy atom. The molecule has 100 valence electrons. The third-order valence-electron chi connectivity index (χ3n) is 3.44. The SMILES string of the molecule is CCCNC1CCCc2c(OCOC)cccc21. The molecule has 1 aliphatic rings. The molecule has 0 saturated heterocycles. The van der Waals surface area contributed by atoms with E-state index in [0.717, 1.165) is 18.7 Å². The summed E-state index contributed by atoms with van der Waals surface area (Å²) >= 11 is 0. The lowest BCUT2D eigenvalue weighted by atomic mass is 9.87. The number of benzene rings is 1. The summed E-state index contributed by atoms with van der Waals surface area (Å²) in [5, 5.41) is 3.62. The molecule has 1 aromatic rings. The lowest BCUT2D eigenvalue weighted by Gasteiger charge is -2.28. The van der Waals surface area contributed by atoms with Crippen LogP contribution in [-0.4, -0.2) is 20.4 Å². The Hall–Kier alpha value is -1.06. The summed E-state index contributed by atoms with van der Waals surface area (Å²) < 4.78 is 10.6. The van der Waals surface area contributed by atoms with Crippen LogP contribution in [-0.2, 0) is 11.2 Å². The molecule has 0 saturated carbocycles. The first-order valence-corrected chi connectivity index (χ1v) is 6.83. The predicted octanol–water partition coefficient (Wildman–Crippen LogP) is 3.05. The summed E-state index contributed by atoms with van der Waals surface area (Å²) in [5.41, 5.74) is 2.76. The summed E-state index contributed by atoms with van der Waals surface area (Å²) in [6.45, 7) is 3.60. The van der Waals surface area contributed by atoms with Crippen LogP contribution in [0.5, 0.6) is 5.75 Å². The molecule has 0 aliphatic heterocycles. The van der Waals surface area contributed by atoms with E-state index in [2.05, 4.69) is 24.4 Å². The third kappa shape index (κ3) is 3.03. The molecule has 0 amide bonds. The molecule has 0 heterocycles. The molecule has 0 aromatic heterocycles. The van der Waals surface area contributed by atoms with Crippen molar-refractivity contribution in [3.63, 3.8) is 0 Å². The van der Waals surface area contributed by atoms with Crippen LogP contribution >= 0.6 is 0 Å². The summed E-state index contributed by atoms with van der Waals surface area (Å²) in [5.74, 6) is 0.984. The number of nitrogens with one attached hydrogen (secondary N) is 1. The fourth-order valence-electron chi connectivity index (χ4n) is 2.60. The van der Waals surface area contributed by atoms with E-state index in [-0.39, 0.29) is 0 Å². The van der Waals surface area contributed by atoms with Crippen LogP contribution in [0.1, 0.15) is 43.4 Å². The monoisotopic (exact) mass is 249 g/mol. The van der Waals surface area contributed by atoms with Crippen LogP contribution in [0.25, 0.3) is 0 Å². The van der Waals surface area contributed by atoms with E-state index in [1.165, 1.54) is 30.4 Å². The minimum atomic E-state index is 0.323. The van der Waals surface area contributed by atoms with Crippen LogP contribution in [0.15, 0.2) is 18.2 Å². The van der Waals surface area contributed by atoms with Crippen LogP contribution < -0.4 is 10.1 Å². The molecule has 2 rings (SSSR count). The first-order chi connectivity index (χ1) is 8.86. The average molecular weight is 249 g/mol. The lowest BCUT2D eigenvalue weighted by Crippen LogP contribution is -2.26. The summed E-state index contributed by atoms with van der Waals surface area (Å²) in [7, 11) is 1.65. The molecule has 1 N–H and O–H groups in total. The highest BCUT2D eigenvalue weighted by molar-refractivity contribution is 5.43. The normalized spacial score (nSPS) is 18.4. The van der Waals surface area contributed by atoms with Crippen LogP contribution in [0.2, 0.25) is 0 Å². The number of hydrogen-bond donors (Lipinski definition) is 1. The summed E-state index contributed by atoms with van der Waals surface area (Å²) in [4.78, 5) is 0. The number of rotatable bonds is 6. The van der Waals surface area contributed by atoms with Crippen molar-refractivity contribution in [2.24, 2.45) is 0 Å². The minimum Gasteiger partial charge on any atom is -0.467 e. The van der Waals surface area contributed by atoms with Gasteiger partial charge in [-0.25, -0.2) is 0 Å². The highest BCUT2D eigenvalue weighted by atomic mass is 16.7. The maximum Gasteiger partial charge on any atom is 0.188 e. The fourth-order valence-corrected chi connectivity index (χ4v) is 2.60. The van der Waals surface area contributed by atoms with Gasteiger partial charge < -0.3 is 14.8 Å². The Morgan fingerprint density at radius 2 is 2.28 bits per heavy atom. The Morgan fingerprint density at radius 1 is 1.39 bits per heavy atom. The van der Waals surface area contributed by atoms with Gasteiger partial charge in [-0.2, -0.15) is 0 Å². The van der Waals surface area contributed by atoms with E-state index in [9.17, 15) is 0 Å². The van der Waals surface area contributed by atoms with Gasteiger partial charge in [-0.05, 0) is 49.4 Å². The first kappa shape index (κ1) is 13.4. The molecular weight excluding hydrogens is 226 g/mol. The number of methoxy groups -OCH3 is 1. The van der Waals surface area contributed by atoms with Gasteiger partial charge in [0.1, 0.15) is 5.75 Å². The Balaban J connectivity index is 2.17. The number of hydrogen-bond acceptors (Lipinski definition) is 3. The molecule has 0 spiro atoms. The van der Waals surface area contributed by atoms with E-state index in [4.69, 9.17) is 9.47 Å². The van der Waals surface area contributed by atoms with Gasteiger partial charge >= 0.3 is 0 Å². The van der Waals surface area contributed by atoms with Crippen molar-refractivity contribution < 1.29 is 9.47 Å². The average Bonchev–Trinajstić information content (AvgIpc) is 2.42. The lowest BCUT2D eigenvalue weighted by molar-refractivity contribution is 0.0502. The van der Waals surface area contributed by atoms with E-state index in [0.29, 0.717) is 12.8 Å². The smallest absolute Gasteiger partial charge is 0.188 e. The van der Waals surface area contributed by atoms with Crippen molar-refractivity contribution in [1.29, 1.82) is 0 Å². The van der Waals surface area contributed by atoms with Gasteiger partial charge in [-0.15, -0.1) is 0 Å². The van der Waals surface area contributed by atoms with Gasteiger partial charge in [0.15, 0.2) is 6.79 Å².